The Balaban J connectivity index is 1.45. The minimum Gasteiger partial charge on any atom is -0.349 e. The fraction of sp³-hybridized carbons (Fsp3) is 0.667. The minimum atomic E-state index is -3.37. The van der Waals surface area contributed by atoms with E-state index in [0.29, 0.717) is 12.1 Å². The van der Waals surface area contributed by atoms with Crippen molar-refractivity contribution >= 4 is 37.5 Å². The van der Waals surface area contributed by atoms with Crippen molar-refractivity contribution in [3.05, 3.63) is 29.8 Å². The molecular formula is C21H29BrN2O3S. The Hall–Kier alpha value is -1.08. The number of halogens is 1. The Kier molecular flexibility index (Phi) is 5.06. The molecule has 1 aromatic rings. The van der Waals surface area contributed by atoms with E-state index in [9.17, 15) is 13.2 Å². The van der Waals surface area contributed by atoms with Crippen molar-refractivity contribution in [2.45, 2.75) is 62.2 Å². The first-order valence-electron chi connectivity index (χ1n) is 10.1. The summed E-state index contributed by atoms with van der Waals surface area (Å²) >= 11 is 4.01. The predicted molar refractivity (Wildman–Crippen MR) is 115 cm³/mol. The number of hydrogen-bond acceptors (Lipinski definition) is 3. The molecule has 4 aliphatic rings. The number of rotatable bonds is 6. The molecule has 5 nitrogen and oxygen atoms in total. The van der Waals surface area contributed by atoms with Gasteiger partial charge in [-0.15, -0.1) is 0 Å². The molecule has 0 radical (unpaired) electrons. The van der Waals surface area contributed by atoms with E-state index in [1.807, 2.05) is 19.1 Å². The van der Waals surface area contributed by atoms with Crippen LogP contribution in [0.5, 0.6) is 0 Å². The van der Waals surface area contributed by atoms with E-state index >= 15 is 0 Å². The van der Waals surface area contributed by atoms with Gasteiger partial charge in [0.1, 0.15) is 0 Å². The topological polar surface area (TPSA) is 75.3 Å². The molecule has 154 valence electrons. The van der Waals surface area contributed by atoms with Crippen LogP contribution >= 0.6 is 15.9 Å². The largest absolute Gasteiger partial charge is 0.349 e. The number of para-hydroxylation sites is 1. The minimum absolute atomic E-state index is 0.0692. The van der Waals surface area contributed by atoms with Crippen molar-refractivity contribution in [2.24, 2.45) is 17.3 Å². The SMILES string of the molecule is CC(NC(=O)CC12CC3CC(CC(Br)(C3)C1)C2)c1ccccc1NS(C)(=O)=O. The summed E-state index contributed by atoms with van der Waals surface area (Å²) in [5, 5.41) is 3.12. The van der Waals surface area contributed by atoms with Gasteiger partial charge in [0.25, 0.3) is 0 Å². The Morgan fingerprint density at radius 3 is 2.46 bits per heavy atom. The van der Waals surface area contributed by atoms with Gasteiger partial charge in [-0.3, -0.25) is 9.52 Å². The predicted octanol–water partition coefficient (Wildman–Crippen LogP) is 4.36. The Bertz CT molecular complexity index is 871. The van der Waals surface area contributed by atoms with E-state index in [4.69, 9.17) is 0 Å². The Morgan fingerprint density at radius 2 is 1.86 bits per heavy atom. The number of carbonyl (C=O) groups excluding carboxylic acids is 1. The van der Waals surface area contributed by atoms with E-state index in [0.717, 1.165) is 30.1 Å². The zero-order valence-corrected chi connectivity index (χ0v) is 18.9. The third-order valence-electron chi connectivity index (χ3n) is 6.75. The van der Waals surface area contributed by atoms with Gasteiger partial charge in [-0.25, -0.2) is 8.42 Å². The average Bonchev–Trinajstić information content (AvgIpc) is 2.50. The van der Waals surface area contributed by atoms with Crippen LogP contribution in [-0.2, 0) is 14.8 Å². The van der Waals surface area contributed by atoms with Gasteiger partial charge >= 0.3 is 0 Å². The monoisotopic (exact) mass is 468 g/mol. The maximum Gasteiger partial charge on any atom is 0.229 e. The molecule has 0 saturated heterocycles. The van der Waals surface area contributed by atoms with Crippen molar-refractivity contribution < 1.29 is 13.2 Å². The lowest BCUT2D eigenvalue weighted by Gasteiger charge is -2.60. The van der Waals surface area contributed by atoms with Crippen molar-refractivity contribution in [3.8, 4) is 0 Å². The third kappa shape index (κ3) is 4.25. The third-order valence-corrected chi connectivity index (χ3v) is 8.27. The molecule has 5 rings (SSSR count). The van der Waals surface area contributed by atoms with Gasteiger partial charge in [-0.2, -0.15) is 0 Å². The van der Waals surface area contributed by atoms with Crippen LogP contribution in [0.3, 0.4) is 0 Å². The summed E-state index contributed by atoms with van der Waals surface area (Å²) in [6.45, 7) is 1.91. The number of sulfonamides is 1. The molecule has 3 unspecified atom stereocenters. The molecule has 0 spiro atoms. The lowest BCUT2D eigenvalue weighted by atomic mass is 9.48. The van der Waals surface area contributed by atoms with Crippen LogP contribution in [0.1, 0.15) is 63.5 Å². The van der Waals surface area contributed by atoms with Crippen LogP contribution in [0.4, 0.5) is 5.69 Å². The number of carbonyl (C=O) groups is 1. The number of hydrogen-bond donors (Lipinski definition) is 2. The lowest BCUT2D eigenvalue weighted by Crippen LogP contribution is -2.54. The number of amides is 1. The van der Waals surface area contributed by atoms with Crippen molar-refractivity contribution in [1.82, 2.24) is 5.32 Å². The van der Waals surface area contributed by atoms with Gasteiger partial charge in [-0.05, 0) is 74.3 Å². The summed E-state index contributed by atoms with van der Waals surface area (Å²) in [6.07, 6.45) is 8.99. The summed E-state index contributed by atoms with van der Waals surface area (Å²) in [5.41, 5.74) is 1.43. The molecule has 4 aliphatic carbocycles. The molecular weight excluding hydrogens is 440 g/mol. The van der Waals surface area contributed by atoms with E-state index < -0.39 is 10.0 Å². The molecule has 4 bridgehead atoms. The summed E-state index contributed by atoms with van der Waals surface area (Å²) in [6, 6.07) is 6.98. The second-order valence-electron chi connectivity index (χ2n) is 9.54. The zero-order valence-electron chi connectivity index (χ0n) is 16.5. The molecule has 0 aromatic heterocycles. The highest BCUT2D eigenvalue weighted by atomic mass is 79.9. The van der Waals surface area contributed by atoms with E-state index in [1.165, 1.54) is 32.1 Å². The fourth-order valence-corrected chi connectivity index (χ4v) is 8.52. The molecule has 2 N–H and O–H groups in total. The number of alkyl halides is 1. The molecule has 3 atom stereocenters. The highest BCUT2D eigenvalue weighted by Crippen LogP contribution is 2.65. The molecule has 1 aromatic carbocycles. The molecule has 4 saturated carbocycles. The summed E-state index contributed by atoms with van der Waals surface area (Å²) < 4.78 is 26.1. The number of anilines is 1. The number of nitrogens with one attached hydrogen (secondary N) is 2. The van der Waals surface area contributed by atoms with E-state index in [-0.39, 0.29) is 21.7 Å². The standard InChI is InChI=1S/C21H29BrN2O3S/c1-14(17-5-3-4-6-18(17)24-28(2,26)27)23-19(25)12-20-8-15-7-16(9-20)11-21(22,10-15)13-20/h3-6,14-16,24H,7-13H2,1-2H3,(H,23,25). The zero-order chi connectivity index (χ0) is 20.2. The van der Waals surface area contributed by atoms with Gasteiger partial charge in [0.2, 0.25) is 15.9 Å². The highest BCUT2D eigenvalue weighted by Gasteiger charge is 2.57. The first kappa shape index (κ1) is 20.2. The van der Waals surface area contributed by atoms with E-state index in [2.05, 4.69) is 26.0 Å². The summed E-state index contributed by atoms with van der Waals surface area (Å²) in [5.74, 6) is 1.58. The van der Waals surface area contributed by atoms with Crippen molar-refractivity contribution in [2.75, 3.05) is 11.0 Å². The van der Waals surface area contributed by atoms with Gasteiger partial charge in [-0.1, -0.05) is 34.1 Å². The van der Waals surface area contributed by atoms with Gasteiger partial charge in [0, 0.05) is 10.7 Å². The molecule has 28 heavy (non-hydrogen) atoms. The van der Waals surface area contributed by atoms with Crippen molar-refractivity contribution in [3.63, 3.8) is 0 Å². The smallest absolute Gasteiger partial charge is 0.229 e. The van der Waals surface area contributed by atoms with Gasteiger partial charge in [0.15, 0.2) is 0 Å². The van der Waals surface area contributed by atoms with E-state index in [1.54, 1.807) is 12.1 Å². The molecule has 4 fully saturated rings. The van der Waals surface area contributed by atoms with Gasteiger partial charge < -0.3 is 5.32 Å². The highest BCUT2D eigenvalue weighted by molar-refractivity contribution is 9.10. The maximum atomic E-state index is 12.9. The van der Waals surface area contributed by atoms with Crippen LogP contribution in [0.15, 0.2) is 24.3 Å². The lowest BCUT2D eigenvalue weighted by molar-refractivity contribution is -0.128. The summed E-state index contributed by atoms with van der Waals surface area (Å²) in [7, 11) is -3.37. The normalized spacial score (nSPS) is 34.8. The van der Waals surface area contributed by atoms with Crippen LogP contribution in [0, 0.1) is 17.3 Å². The molecule has 0 aliphatic heterocycles. The van der Waals surface area contributed by atoms with Gasteiger partial charge in [0.05, 0.1) is 18.0 Å². The average molecular weight is 469 g/mol. The van der Waals surface area contributed by atoms with Crippen LogP contribution in [0.25, 0.3) is 0 Å². The molecule has 0 heterocycles. The Morgan fingerprint density at radius 1 is 1.21 bits per heavy atom. The summed E-state index contributed by atoms with van der Waals surface area (Å²) in [4.78, 5) is 12.9. The van der Waals surface area contributed by atoms with Crippen LogP contribution < -0.4 is 10.0 Å². The first-order chi connectivity index (χ1) is 13.0. The first-order valence-corrected chi connectivity index (χ1v) is 12.8. The van der Waals surface area contributed by atoms with Crippen molar-refractivity contribution in [1.29, 1.82) is 0 Å². The van der Waals surface area contributed by atoms with Crippen LogP contribution in [-0.4, -0.2) is 24.9 Å². The second-order valence-corrected chi connectivity index (χ2v) is 13.0. The number of benzene rings is 1. The second kappa shape index (κ2) is 7.01. The molecule has 7 heteroatoms. The fourth-order valence-electron chi connectivity index (χ4n) is 6.42. The Labute approximate surface area is 176 Å². The quantitative estimate of drug-likeness (QED) is 0.608. The van der Waals surface area contributed by atoms with Crippen LogP contribution in [0.2, 0.25) is 0 Å². The maximum absolute atomic E-state index is 12.9. The molecule has 1 amide bonds.